The summed E-state index contributed by atoms with van der Waals surface area (Å²) < 4.78 is 24.6. The molecular formula is C9H15N3O2S. The zero-order chi connectivity index (χ0) is 11.1. The predicted molar refractivity (Wildman–Crippen MR) is 60.2 cm³/mol. The molecule has 2 N–H and O–H groups in total. The number of aromatic nitrogens is 1. The Morgan fingerprint density at radius 2 is 2.13 bits per heavy atom. The van der Waals surface area contributed by atoms with Gasteiger partial charge in [0.05, 0.1) is 5.75 Å². The Hall–Kier alpha value is -1.14. The van der Waals surface area contributed by atoms with Gasteiger partial charge in [0, 0.05) is 19.3 Å². The molecule has 1 aromatic heterocycles. The predicted octanol–water partition coefficient (Wildman–Crippen LogP) is 0.433. The fourth-order valence-corrected chi connectivity index (χ4v) is 1.58. The normalized spacial score (nSPS) is 11.3. The molecular weight excluding hydrogens is 214 g/mol. The van der Waals surface area contributed by atoms with E-state index in [9.17, 15) is 8.42 Å². The molecule has 0 unspecified atom stereocenters. The van der Waals surface area contributed by atoms with Crippen LogP contribution in [0.2, 0.25) is 0 Å². The van der Waals surface area contributed by atoms with E-state index in [1.807, 2.05) is 18.2 Å². The summed E-state index contributed by atoms with van der Waals surface area (Å²) in [6.45, 7) is 2.50. The van der Waals surface area contributed by atoms with Crippen LogP contribution in [0.3, 0.4) is 0 Å². The smallest absolute Gasteiger partial charge is 0.211 e. The molecule has 0 aliphatic rings. The molecule has 0 fully saturated rings. The van der Waals surface area contributed by atoms with E-state index in [1.165, 1.54) is 0 Å². The topological polar surface area (TPSA) is 71.1 Å². The molecule has 0 radical (unpaired) electrons. The van der Waals surface area contributed by atoms with Gasteiger partial charge in [-0.15, -0.1) is 0 Å². The van der Waals surface area contributed by atoms with Crippen molar-refractivity contribution >= 4 is 15.8 Å². The van der Waals surface area contributed by atoms with Crippen molar-refractivity contribution in [3.63, 3.8) is 0 Å². The molecule has 1 aromatic rings. The molecule has 0 amide bonds. The van der Waals surface area contributed by atoms with Gasteiger partial charge in [0.1, 0.15) is 5.82 Å². The number of anilines is 1. The maximum Gasteiger partial charge on any atom is 0.211 e. The Morgan fingerprint density at radius 3 is 2.73 bits per heavy atom. The molecule has 5 nitrogen and oxygen atoms in total. The molecule has 0 atom stereocenters. The van der Waals surface area contributed by atoms with Crippen molar-refractivity contribution in [1.29, 1.82) is 0 Å². The number of nitrogens with zero attached hydrogens (tertiary/aromatic N) is 1. The number of sulfonamides is 1. The molecule has 84 valence electrons. The van der Waals surface area contributed by atoms with Gasteiger partial charge >= 0.3 is 0 Å². The molecule has 6 heteroatoms. The van der Waals surface area contributed by atoms with E-state index in [2.05, 4.69) is 15.0 Å². The van der Waals surface area contributed by atoms with Gasteiger partial charge in [-0.25, -0.2) is 18.1 Å². The highest BCUT2D eigenvalue weighted by atomic mass is 32.2. The third kappa shape index (κ3) is 4.75. The minimum atomic E-state index is -3.08. The Labute approximate surface area is 90.0 Å². The Bertz CT molecular complexity index is 378. The molecule has 1 rings (SSSR count). The molecule has 0 aliphatic heterocycles. The van der Waals surface area contributed by atoms with Gasteiger partial charge in [-0.2, -0.15) is 0 Å². The highest BCUT2D eigenvalue weighted by Crippen LogP contribution is 1.97. The lowest BCUT2D eigenvalue weighted by Gasteiger charge is -2.06. The molecule has 0 aromatic carbocycles. The van der Waals surface area contributed by atoms with Crippen molar-refractivity contribution in [2.45, 2.75) is 6.92 Å². The fourth-order valence-electron chi connectivity index (χ4n) is 0.966. The Kier molecular flexibility index (Phi) is 4.51. The van der Waals surface area contributed by atoms with Gasteiger partial charge < -0.3 is 5.32 Å². The third-order valence-electron chi connectivity index (χ3n) is 1.80. The fraction of sp³-hybridized carbons (Fsp3) is 0.444. The van der Waals surface area contributed by atoms with Crippen molar-refractivity contribution in [2.24, 2.45) is 0 Å². The van der Waals surface area contributed by atoms with Crippen LogP contribution >= 0.6 is 0 Å². The number of hydrogen-bond acceptors (Lipinski definition) is 4. The van der Waals surface area contributed by atoms with Crippen LogP contribution in [0.15, 0.2) is 24.4 Å². The largest absolute Gasteiger partial charge is 0.369 e. The summed E-state index contributed by atoms with van der Waals surface area (Å²) >= 11 is 0. The van der Waals surface area contributed by atoms with E-state index in [4.69, 9.17) is 0 Å². The Morgan fingerprint density at radius 1 is 1.33 bits per heavy atom. The molecule has 0 spiro atoms. The second-order valence-corrected chi connectivity index (χ2v) is 5.04. The average Bonchev–Trinajstić information content (AvgIpc) is 2.26. The van der Waals surface area contributed by atoms with Crippen LogP contribution < -0.4 is 10.0 Å². The first kappa shape index (κ1) is 11.9. The highest BCUT2D eigenvalue weighted by molar-refractivity contribution is 7.89. The summed E-state index contributed by atoms with van der Waals surface area (Å²) in [4.78, 5) is 4.04. The molecule has 0 bridgehead atoms. The zero-order valence-corrected chi connectivity index (χ0v) is 9.42. The molecule has 0 aliphatic carbocycles. The second kappa shape index (κ2) is 5.67. The number of pyridine rings is 1. The first-order valence-electron chi connectivity index (χ1n) is 4.76. The van der Waals surface area contributed by atoms with E-state index in [0.717, 1.165) is 5.82 Å². The van der Waals surface area contributed by atoms with Crippen molar-refractivity contribution in [3.8, 4) is 0 Å². The monoisotopic (exact) mass is 229 g/mol. The Balaban J connectivity index is 2.24. The maximum absolute atomic E-state index is 11.1. The standard InChI is InChI=1S/C9H15N3O2S/c1-2-15(13,14)12-8-7-11-9-5-3-4-6-10-9/h3-6,12H,2,7-8H2,1H3,(H,10,11). The van der Waals surface area contributed by atoms with E-state index in [0.29, 0.717) is 13.1 Å². The van der Waals surface area contributed by atoms with Crippen LogP contribution in [0.1, 0.15) is 6.92 Å². The molecule has 1 heterocycles. The maximum atomic E-state index is 11.1. The average molecular weight is 229 g/mol. The van der Waals surface area contributed by atoms with Crippen molar-refractivity contribution < 1.29 is 8.42 Å². The quantitative estimate of drug-likeness (QED) is 0.694. The number of nitrogens with one attached hydrogen (secondary N) is 2. The first-order valence-corrected chi connectivity index (χ1v) is 6.41. The molecule has 0 saturated heterocycles. The first-order chi connectivity index (χ1) is 7.14. The van der Waals surface area contributed by atoms with Crippen molar-refractivity contribution in [3.05, 3.63) is 24.4 Å². The van der Waals surface area contributed by atoms with Gasteiger partial charge in [-0.1, -0.05) is 6.07 Å². The van der Waals surface area contributed by atoms with Crippen LogP contribution in [0, 0.1) is 0 Å². The van der Waals surface area contributed by atoms with Gasteiger partial charge in [-0.05, 0) is 19.1 Å². The highest BCUT2D eigenvalue weighted by Gasteiger charge is 2.03. The summed E-state index contributed by atoms with van der Waals surface area (Å²) in [7, 11) is -3.08. The number of hydrogen-bond donors (Lipinski definition) is 2. The summed E-state index contributed by atoms with van der Waals surface area (Å²) in [6.07, 6.45) is 1.68. The lowest BCUT2D eigenvalue weighted by molar-refractivity contribution is 0.584. The van der Waals surface area contributed by atoms with Crippen LogP contribution in [-0.4, -0.2) is 32.2 Å². The van der Waals surface area contributed by atoms with E-state index >= 15 is 0 Å². The van der Waals surface area contributed by atoms with Crippen molar-refractivity contribution in [1.82, 2.24) is 9.71 Å². The van der Waals surface area contributed by atoms with Gasteiger partial charge in [-0.3, -0.25) is 0 Å². The lowest BCUT2D eigenvalue weighted by Crippen LogP contribution is -2.30. The van der Waals surface area contributed by atoms with Gasteiger partial charge in [0.15, 0.2) is 0 Å². The molecule has 0 saturated carbocycles. The molecule has 15 heavy (non-hydrogen) atoms. The van der Waals surface area contributed by atoms with E-state index in [-0.39, 0.29) is 5.75 Å². The minimum absolute atomic E-state index is 0.108. The van der Waals surface area contributed by atoms with E-state index in [1.54, 1.807) is 13.1 Å². The van der Waals surface area contributed by atoms with Crippen LogP contribution in [0.4, 0.5) is 5.82 Å². The van der Waals surface area contributed by atoms with E-state index < -0.39 is 10.0 Å². The second-order valence-electron chi connectivity index (χ2n) is 2.94. The number of rotatable bonds is 6. The van der Waals surface area contributed by atoms with Crippen LogP contribution in [0.5, 0.6) is 0 Å². The zero-order valence-electron chi connectivity index (χ0n) is 8.60. The summed E-state index contributed by atoms with van der Waals surface area (Å²) in [5.41, 5.74) is 0. The van der Waals surface area contributed by atoms with Crippen LogP contribution in [-0.2, 0) is 10.0 Å². The summed E-state index contributed by atoms with van der Waals surface area (Å²) in [6, 6.07) is 5.52. The summed E-state index contributed by atoms with van der Waals surface area (Å²) in [5.74, 6) is 0.851. The lowest BCUT2D eigenvalue weighted by atomic mass is 10.4. The van der Waals surface area contributed by atoms with Crippen molar-refractivity contribution in [2.75, 3.05) is 24.2 Å². The van der Waals surface area contributed by atoms with Gasteiger partial charge in [0.25, 0.3) is 0 Å². The summed E-state index contributed by atoms with van der Waals surface area (Å²) in [5, 5.41) is 3.00. The van der Waals surface area contributed by atoms with Gasteiger partial charge in [0.2, 0.25) is 10.0 Å². The SMILES string of the molecule is CCS(=O)(=O)NCCNc1ccccn1. The minimum Gasteiger partial charge on any atom is -0.369 e. The van der Waals surface area contributed by atoms with Crippen LogP contribution in [0.25, 0.3) is 0 Å². The third-order valence-corrected chi connectivity index (χ3v) is 3.20.